The summed E-state index contributed by atoms with van der Waals surface area (Å²) in [6, 6.07) is 7.83. The maximum atomic E-state index is 11.8. The van der Waals surface area contributed by atoms with Crippen LogP contribution in [0.25, 0.3) is 0 Å². The van der Waals surface area contributed by atoms with Gasteiger partial charge in [-0.25, -0.2) is 9.59 Å². The molecule has 0 spiro atoms. The molecule has 24 heavy (non-hydrogen) atoms. The van der Waals surface area contributed by atoms with Crippen molar-refractivity contribution in [3.63, 3.8) is 0 Å². The van der Waals surface area contributed by atoms with Crippen LogP contribution in [0.3, 0.4) is 0 Å². The lowest BCUT2D eigenvalue weighted by molar-refractivity contribution is -0.222. The van der Waals surface area contributed by atoms with Gasteiger partial charge in [-0.15, -0.1) is 0 Å². The van der Waals surface area contributed by atoms with E-state index in [4.69, 9.17) is 9.47 Å². The normalized spacial score (nSPS) is 16.6. The van der Waals surface area contributed by atoms with Crippen molar-refractivity contribution < 1.29 is 19.1 Å². The molecule has 1 saturated heterocycles. The average Bonchev–Trinajstić information content (AvgIpc) is 2.52. The van der Waals surface area contributed by atoms with Gasteiger partial charge in [0, 0.05) is 32.3 Å². The zero-order valence-electron chi connectivity index (χ0n) is 14.6. The first-order valence-corrected chi connectivity index (χ1v) is 8.09. The summed E-state index contributed by atoms with van der Waals surface area (Å²) in [5.74, 6) is -2.61. The van der Waals surface area contributed by atoms with E-state index < -0.39 is 17.7 Å². The van der Waals surface area contributed by atoms with Crippen LogP contribution < -0.4 is 5.32 Å². The van der Waals surface area contributed by atoms with Crippen molar-refractivity contribution >= 4 is 17.6 Å². The molecule has 130 valence electrons. The lowest BCUT2D eigenvalue weighted by atomic mass is 10.2. The summed E-state index contributed by atoms with van der Waals surface area (Å²) in [5.41, 5.74) is 1.83. The standard InChI is InChI=1S/C18H24N2O4/c1-5-20(6-2)12-13-7-9-14(10-8-13)19-11-15-16(21)23-18(3,4)24-17(15)22/h7-11,19H,5-6,12H2,1-4H3. The van der Waals surface area contributed by atoms with E-state index in [1.165, 1.54) is 25.6 Å². The minimum atomic E-state index is -1.22. The minimum Gasteiger partial charge on any atom is -0.419 e. The fraction of sp³-hybridized carbons (Fsp3) is 0.444. The van der Waals surface area contributed by atoms with E-state index >= 15 is 0 Å². The minimum absolute atomic E-state index is 0.151. The molecule has 1 aromatic rings. The SMILES string of the molecule is CCN(CC)Cc1ccc(NC=C2C(=O)OC(C)(C)OC2=O)cc1. The quantitative estimate of drug-likeness (QED) is 0.491. The van der Waals surface area contributed by atoms with Gasteiger partial charge in [0.05, 0.1) is 0 Å². The Balaban J connectivity index is 2.01. The van der Waals surface area contributed by atoms with Gasteiger partial charge < -0.3 is 14.8 Å². The first kappa shape index (κ1) is 18.0. The molecular formula is C18H24N2O4. The first-order valence-electron chi connectivity index (χ1n) is 8.09. The summed E-state index contributed by atoms with van der Waals surface area (Å²) in [4.78, 5) is 26.0. The third kappa shape index (κ3) is 4.58. The van der Waals surface area contributed by atoms with Crippen molar-refractivity contribution in [2.24, 2.45) is 0 Å². The second-order valence-electron chi connectivity index (χ2n) is 6.04. The average molecular weight is 332 g/mol. The fourth-order valence-corrected chi connectivity index (χ4v) is 2.35. The largest absolute Gasteiger partial charge is 0.419 e. The third-order valence-corrected chi connectivity index (χ3v) is 3.75. The number of carbonyl (C=O) groups is 2. The van der Waals surface area contributed by atoms with Crippen molar-refractivity contribution in [1.29, 1.82) is 0 Å². The molecule has 0 radical (unpaired) electrons. The molecule has 0 saturated carbocycles. The van der Waals surface area contributed by atoms with Gasteiger partial charge in [0.2, 0.25) is 0 Å². The van der Waals surface area contributed by atoms with E-state index in [0.29, 0.717) is 0 Å². The molecule has 0 aliphatic carbocycles. The predicted octanol–water partition coefficient (Wildman–Crippen LogP) is 2.66. The lowest BCUT2D eigenvalue weighted by Crippen LogP contribution is -2.42. The molecule has 6 heteroatoms. The van der Waals surface area contributed by atoms with Gasteiger partial charge >= 0.3 is 11.9 Å². The Morgan fingerprint density at radius 3 is 2.08 bits per heavy atom. The predicted molar refractivity (Wildman–Crippen MR) is 91.0 cm³/mol. The van der Waals surface area contributed by atoms with Crippen molar-refractivity contribution in [3.05, 3.63) is 41.6 Å². The number of ether oxygens (including phenoxy) is 2. The zero-order valence-corrected chi connectivity index (χ0v) is 14.6. The summed E-state index contributed by atoms with van der Waals surface area (Å²) < 4.78 is 10.1. The molecule has 0 atom stereocenters. The van der Waals surface area contributed by atoms with E-state index in [1.807, 2.05) is 24.3 Å². The van der Waals surface area contributed by atoms with Gasteiger partial charge in [-0.1, -0.05) is 26.0 Å². The number of anilines is 1. The number of nitrogens with zero attached hydrogens (tertiary/aromatic N) is 1. The van der Waals surface area contributed by atoms with Crippen LogP contribution in [-0.2, 0) is 25.6 Å². The second kappa shape index (κ2) is 7.49. The maximum Gasteiger partial charge on any atom is 0.350 e. The molecule has 1 aliphatic rings. The van der Waals surface area contributed by atoms with Crippen molar-refractivity contribution in [2.75, 3.05) is 18.4 Å². The Bertz CT molecular complexity index is 609. The van der Waals surface area contributed by atoms with E-state index in [-0.39, 0.29) is 5.57 Å². The summed E-state index contributed by atoms with van der Waals surface area (Å²) in [6.45, 7) is 10.2. The van der Waals surface area contributed by atoms with Crippen molar-refractivity contribution in [3.8, 4) is 0 Å². The Hall–Kier alpha value is -2.34. The van der Waals surface area contributed by atoms with Gasteiger partial charge in [-0.3, -0.25) is 4.90 Å². The highest BCUT2D eigenvalue weighted by atomic mass is 16.7. The number of hydrogen-bond acceptors (Lipinski definition) is 6. The Labute approximate surface area is 142 Å². The van der Waals surface area contributed by atoms with Gasteiger partial charge in [0.25, 0.3) is 5.79 Å². The topological polar surface area (TPSA) is 67.9 Å². The van der Waals surface area contributed by atoms with Crippen LogP contribution in [0.2, 0.25) is 0 Å². The molecule has 1 heterocycles. The van der Waals surface area contributed by atoms with Crippen LogP contribution in [0.4, 0.5) is 5.69 Å². The highest BCUT2D eigenvalue weighted by Gasteiger charge is 2.38. The summed E-state index contributed by atoms with van der Waals surface area (Å²) in [6.07, 6.45) is 1.32. The van der Waals surface area contributed by atoms with Crippen LogP contribution in [0.5, 0.6) is 0 Å². The smallest absolute Gasteiger partial charge is 0.350 e. The molecule has 1 aliphatic heterocycles. The number of cyclic esters (lactones) is 2. The number of hydrogen-bond donors (Lipinski definition) is 1. The third-order valence-electron chi connectivity index (χ3n) is 3.75. The summed E-state index contributed by atoms with van der Waals surface area (Å²) in [5, 5.41) is 2.93. The van der Waals surface area contributed by atoms with Crippen LogP contribution in [-0.4, -0.2) is 35.7 Å². The number of benzene rings is 1. The van der Waals surface area contributed by atoms with Gasteiger partial charge in [0.1, 0.15) is 0 Å². The second-order valence-corrected chi connectivity index (χ2v) is 6.04. The monoisotopic (exact) mass is 332 g/mol. The van der Waals surface area contributed by atoms with E-state index in [0.717, 1.165) is 25.3 Å². The molecule has 0 unspecified atom stereocenters. The van der Waals surface area contributed by atoms with Crippen LogP contribution in [0.15, 0.2) is 36.0 Å². The molecule has 0 aromatic heterocycles. The first-order chi connectivity index (χ1) is 11.3. The van der Waals surface area contributed by atoms with Gasteiger partial charge in [0.15, 0.2) is 5.57 Å². The van der Waals surface area contributed by atoms with Crippen molar-refractivity contribution in [1.82, 2.24) is 4.90 Å². The lowest BCUT2D eigenvalue weighted by Gasteiger charge is -2.29. The fourth-order valence-electron chi connectivity index (χ4n) is 2.35. The highest BCUT2D eigenvalue weighted by Crippen LogP contribution is 2.22. The number of carbonyl (C=O) groups excluding carboxylic acids is 2. The number of rotatable bonds is 6. The van der Waals surface area contributed by atoms with E-state index in [2.05, 4.69) is 24.1 Å². The molecule has 1 fully saturated rings. The molecule has 6 nitrogen and oxygen atoms in total. The maximum absolute atomic E-state index is 11.8. The zero-order chi connectivity index (χ0) is 17.7. The summed E-state index contributed by atoms with van der Waals surface area (Å²) in [7, 11) is 0. The Kier molecular flexibility index (Phi) is 5.62. The molecular weight excluding hydrogens is 308 g/mol. The number of nitrogens with one attached hydrogen (secondary N) is 1. The van der Waals surface area contributed by atoms with Crippen molar-refractivity contribution in [2.45, 2.75) is 40.0 Å². The van der Waals surface area contributed by atoms with E-state index in [1.54, 1.807) is 0 Å². The molecule has 2 rings (SSSR count). The van der Waals surface area contributed by atoms with Crippen LogP contribution in [0.1, 0.15) is 33.3 Å². The van der Waals surface area contributed by atoms with Crippen LogP contribution >= 0.6 is 0 Å². The Morgan fingerprint density at radius 1 is 1.04 bits per heavy atom. The van der Waals surface area contributed by atoms with Crippen LogP contribution in [0, 0.1) is 0 Å². The van der Waals surface area contributed by atoms with Gasteiger partial charge in [-0.05, 0) is 30.8 Å². The number of esters is 2. The summed E-state index contributed by atoms with van der Waals surface area (Å²) >= 11 is 0. The Morgan fingerprint density at radius 2 is 1.58 bits per heavy atom. The molecule has 1 aromatic carbocycles. The molecule has 0 bridgehead atoms. The molecule has 1 N–H and O–H groups in total. The molecule has 0 amide bonds. The van der Waals surface area contributed by atoms with Gasteiger partial charge in [-0.2, -0.15) is 0 Å². The van der Waals surface area contributed by atoms with E-state index in [9.17, 15) is 9.59 Å². The highest BCUT2D eigenvalue weighted by molar-refractivity contribution is 6.15.